The number of aliphatic hydroxyl groups excluding tert-OH is 1. The van der Waals surface area contributed by atoms with Gasteiger partial charge in [-0.15, -0.1) is 0 Å². The molecule has 0 spiro atoms. The summed E-state index contributed by atoms with van der Waals surface area (Å²) >= 11 is 0. The quantitative estimate of drug-likeness (QED) is 0.883. The number of methoxy groups -OCH3 is 1. The van der Waals surface area contributed by atoms with Crippen LogP contribution in [0.5, 0.6) is 5.75 Å². The number of piperidine rings is 1. The number of para-hydroxylation sites is 1. The second-order valence-corrected chi connectivity index (χ2v) is 5.07. The maximum atomic E-state index is 9.11. The van der Waals surface area contributed by atoms with E-state index in [-0.39, 0.29) is 0 Å². The molecule has 3 heteroatoms. The lowest BCUT2D eigenvalue weighted by Gasteiger charge is -2.30. The van der Waals surface area contributed by atoms with Gasteiger partial charge in [0.1, 0.15) is 5.75 Å². The lowest BCUT2D eigenvalue weighted by Crippen LogP contribution is -2.34. The van der Waals surface area contributed by atoms with E-state index in [9.17, 15) is 0 Å². The van der Waals surface area contributed by atoms with Crippen molar-refractivity contribution in [3.05, 3.63) is 35.9 Å². The van der Waals surface area contributed by atoms with E-state index in [1.54, 1.807) is 7.11 Å². The van der Waals surface area contributed by atoms with Crippen LogP contribution >= 0.6 is 0 Å². The van der Waals surface area contributed by atoms with E-state index in [4.69, 9.17) is 9.84 Å². The van der Waals surface area contributed by atoms with Crippen LogP contribution in [0.1, 0.15) is 18.4 Å². The Morgan fingerprint density at radius 3 is 2.74 bits per heavy atom. The number of ether oxygens (including phenoxy) is 1. The maximum absolute atomic E-state index is 9.11. The SMILES string of the molecule is COc1ccccc1/C=C/CN1CCC(CO)CC1. The van der Waals surface area contributed by atoms with Gasteiger partial charge in [0.05, 0.1) is 7.11 Å². The van der Waals surface area contributed by atoms with E-state index in [1.807, 2.05) is 18.2 Å². The highest BCUT2D eigenvalue weighted by atomic mass is 16.5. The van der Waals surface area contributed by atoms with Gasteiger partial charge < -0.3 is 9.84 Å². The Labute approximate surface area is 115 Å². The van der Waals surface area contributed by atoms with Crippen molar-refractivity contribution in [2.24, 2.45) is 5.92 Å². The summed E-state index contributed by atoms with van der Waals surface area (Å²) in [6, 6.07) is 8.05. The molecule has 0 aliphatic carbocycles. The zero-order valence-electron chi connectivity index (χ0n) is 11.6. The van der Waals surface area contributed by atoms with Gasteiger partial charge in [0, 0.05) is 18.7 Å². The molecule has 1 aromatic carbocycles. The van der Waals surface area contributed by atoms with E-state index in [0.717, 1.165) is 43.8 Å². The van der Waals surface area contributed by atoms with E-state index >= 15 is 0 Å². The number of hydrogen-bond acceptors (Lipinski definition) is 3. The normalized spacial score (nSPS) is 18.0. The average molecular weight is 261 g/mol. The minimum Gasteiger partial charge on any atom is -0.496 e. The van der Waals surface area contributed by atoms with Gasteiger partial charge in [-0.3, -0.25) is 4.90 Å². The molecule has 19 heavy (non-hydrogen) atoms. The lowest BCUT2D eigenvalue weighted by atomic mass is 9.98. The molecule has 0 saturated carbocycles. The fourth-order valence-electron chi connectivity index (χ4n) is 2.48. The first kappa shape index (κ1) is 14.1. The smallest absolute Gasteiger partial charge is 0.126 e. The fraction of sp³-hybridized carbons (Fsp3) is 0.500. The standard InChI is InChI=1S/C16H23NO2/c1-19-16-7-3-2-5-15(16)6-4-10-17-11-8-14(13-18)9-12-17/h2-7,14,18H,8-13H2,1H3/b6-4+. The third-order valence-corrected chi connectivity index (χ3v) is 3.77. The molecule has 0 amide bonds. The summed E-state index contributed by atoms with van der Waals surface area (Å²) < 4.78 is 5.32. The molecule has 2 rings (SSSR count). The molecule has 0 bridgehead atoms. The predicted octanol–water partition coefficient (Wildman–Crippen LogP) is 2.41. The molecule has 1 heterocycles. The molecular weight excluding hydrogens is 238 g/mol. The minimum absolute atomic E-state index is 0.338. The molecular formula is C16H23NO2. The van der Waals surface area contributed by atoms with Crippen LogP contribution in [0.3, 0.4) is 0 Å². The van der Waals surface area contributed by atoms with Crippen LogP contribution in [0, 0.1) is 5.92 Å². The molecule has 1 aromatic rings. The predicted molar refractivity (Wildman–Crippen MR) is 78.3 cm³/mol. The van der Waals surface area contributed by atoms with Gasteiger partial charge in [0.25, 0.3) is 0 Å². The number of aliphatic hydroxyl groups is 1. The zero-order chi connectivity index (χ0) is 13.5. The summed E-state index contributed by atoms with van der Waals surface area (Å²) in [4.78, 5) is 2.43. The van der Waals surface area contributed by atoms with Gasteiger partial charge in [-0.25, -0.2) is 0 Å². The molecule has 0 aromatic heterocycles. The van der Waals surface area contributed by atoms with Gasteiger partial charge in [-0.1, -0.05) is 30.4 Å². The van der Waals surface area contributed by atoms with Crippen molar-refractivity contribution in [1.82, 2.24) is 4.90 Å². The molecule has 1 aliphatic heterocycles. The third-order valence-electron chi connectivity index (χ3n) is 3.77. The number of rotatable bonds is 5. The molecule has 1 aliphatic rings. The van der Waals surface area contributed by atoms with Crippen molar-refractivity contribution in [2.45, 2.75) is 12.8 Å². The van der Waals surface area contributed by atoms with E-state index in [0.29, 0.717) is 12.5 Å². The summed E-state index contributed by atoms with van der Waals surface area (Å²) in [6.07, 6.45) is 6.53. The highest BCUT2D eigenvalue weighted by molar-refractivity contribution is 5.57. The van der Waals surface area contributed by atoms with Gasteiger partial charge in [0.2, 0.25) is 0 Å². The minimum atomic E-state index is 0.338. The van der Waals surface area contributed by atoms with E-state index < -0.39 is 0 Å². The summed E-state index contributed by atoms with van der Waals surface area (Å²) in [5.74, 6) is 1.42. The van der Waals surface area contributed by atoms with Crippen LogP contribution in [0.4, 0.5) is 0 Å². The maximum Gasteiger partial charge on any atom is 0.126 e. The second kappa shape index (κ2) is 7.31. The van der Waals surface area contributed by atoms with Crippen molar-refractivity contribution in [3.63, 3.8) is 0 Å². The van der Waals surface area contributed by atoms with Crippen molar-refractivity contribution < 1.29 is 9.84 Å². The van der Waals surface area contributed by atoms with Crippen LogP contribution in [-0.2, 0) is 0 Å². The van der Waals surface area contributed by atoms with Crippen molar-refractivity contribution in [3.8, 4) is 5.75 Å². The molecule has 0 atom stereocenters. The van der Waals surface area contributed by atoms with Crippen LogP contribution in [0.25, 0.3) is 6.08 Å². The highest BCUT2D eigenvalue weighted by Gasteiger charge is 2.16. The second-order valence-electron chi connectivity index (χ2n) is 5.07. The molecule has 104 valence electrons. The Bertz CT molecular complexity index is 409. The van der Waals surface area contributed by atoms with Crippen molar-refractivity contribution in [1.29, 1.82) is 0 Å². The number of benzene rings is 1. The molecule has 1 saturated heterocycles. The van der Waals surface area contributed by atoms with Gasteiger partial charge in [0.15, 0.2) is 0 Å². The van der Waals surface area contributed by atoms with Crippen LogP contribution in [0.15, 0.2) is 30.3 Å². The largest absolute Gasteiger partial charge is 0.496 e. The molecule has 0 unspecified atom stereocenters. The monoisotopic (exact) mass is 261 g/mol. The molecule has 3 nitrogen and oxygen atoms in total. The van der Waals surface area contributed by atoms with Gasteiger partial charge in [-0.05, 0) is 37.9 Å². The van der Waals surface area contributed by atoms with Crippen molar-refractivity contribution in [2.75, 3.05) is 33.4 Å². The topological polar surface area (TPSA) is 32.7 Å². The average Bonchev–Trinajstić information content (AvgIpc) is 2.48. The van der Waals surface area contributed by atoms with Crippen molar-refractivity contribution >= 4 is 6.08 Å². The lowest BCUT2D eigenvalue weighted by molar-refractivity contribution is 0.139. The Hall–Kier alpha value is -1.32. The van der Waals surface area contributed by atoms with Gasteiger partial charge >= 0.3 is 0 Å². The zero-order valence-corrected chi connectivity index (χ0v) is 11.6. The first-order valence-electron chi connectivity index (χ1n) is 6.96. The Balaban J connectivity index is 1.83. The number of nitrogens with zero attached hydrogens (tertiary/aromatic N) is 1. The first-order chi connectivity index (χ1) is 9.33. The van der Waals surface area contributed by atoms with Crippen LogP contribution < -0.4 is 4.74 Å². The highest BCUT2D eigenvalue weighted by Crippen LogP contribution is 2.19. The molecule has 0 radical (unpaired) electrons. The number of hydrogen-bond donors (Lipinski definition) is 1. The third kappa shape index (κ3) is 4.08. The van der Waals surface area contributed by atoms with Gasteiger partial charge in [-0.2, -0.15) is 0 Å². The summed E-state index contributed by atoms with van der Waals surface area (Å²) in [7, 11) is 1.70. The Morgan fingerprint density at radius 2 is 2.05 bits per heavy atom. The van der Waals surface area contributed by atoms with Crippen LogP contribution in [0.2, 0.25) is 0 Å². The van der Waals surface area contributed by atoms with Crippen LogP contribution in [-0.4, -0.2) is 43.4 Å². The molecule has 1 fully saturated rings. The van der Waals surface area contributed by atoms with E-state index in [1.165, 1.54) is 0 Å². The Kier molecular flexibility index (Phi) is 5.43. The summed E-state index contributed by atoms with van der Waals surface area (Å²) in [5, 5.41) is 9.11. The van der Waals surface area contributed by atoms with E-state index in [2.05, 4.69) is 23.1 Å². The first-order valence-corrected chi connectivity index (χ1v) is 6.96. The summed E-state index contributed by atoms with van der Waals surface area (Å²) in [5.41, 5.74) is 1.12. The fourth-order valence-corrected chi connectivity index (χ4v) is 2.48. The number of likely N-dealkylation sites (tertiary alicyclic amines) is 1. The Morgan fingerprint density at radius 1 is 1.32 bits per heavy atom. The molecule has 1 N–H and O–H groups in total. The summed E-state index contributed by atoms with van der Waals surface area (Å²) in [6.45, 7) is 3.48.